The maximum absolute atomic E-state index is 6.53. The van der Waals surface area contributed by atoms with Crippen LogP contribution in [0.2, 0.25) is 0 Å². The first-order valence-electron chi connectivity index (χ1n) is 6.74. The van der Waals surface area contributed by atoms with Gasteiger partial charge in [0.05, 0.1) is 24.7 Å². The van der Waals surface area contributed by atoms with Gasteiger partial charge in [-0.15, -0.1) is 11.6 Å². The largest absolute Gasteiger partial charge is 0.497 e. The van der Waals surface area contributed by atoms with Gasteiger partial charge in [-0.1, -0.05) is 12.1 Å². The Labute approximate surface area is 120 Å². The average Bonchev–Trinajstić information content (AvgIpc) is 2.37. The van der Waals surface area contributed by atoms with Crippen molar-refractivity contribution >= 4 is 11.6 Å². The van der Waals surface area contributed by atoms with E-state index in [1.54, 1.807) is 7.11 Å². The van der Waals surface area contributed by atoms with E-state index in [1.165, 1.54) is 0 Å². The Balaban J connectivity index is 1.97. The van der Waals surface area contributed by atoms with Crippen LogP contribution < -0.4 is 4.74 Å². The molecule has 1 saturated heterocycles. The topological polar surface area (TPSA) is 21.7 Å². The molecular formula is C15H22ClNO2. The first-order valence-corrected chi connectivity index (χ1v) is 7.18. The molecule has 1 fully saturated rings. The van der Waals surface area contributed by atoms with Crippen LogP contribution in [0.1, 0.15) is 24.8 Å². The molecule has 4 heteroatoms. The second-order valence-corrected chi connectivity index (χ2v) is 5.75. The van der Waals surface area contributed by atoms with E-state index >= 15 is 0 Å². The number of rotatable bonds is 4. The van der Waals surface area contributed by atoms with Crippen molar-refractivity contribution in [2.45, 2.75) is 31.4 Å². The third-order valence-electron chi connectivity index (χ3n) is 3.37. The molecule has 0 aliphatic carbocycles. The van der Waals surface area contributed by atoms with E-state index in [2.05, 4.69) is 18.7 Å². The van der Waals surface area contributed by atoms with Crippen molar-refractivity contribution in [1.29, 1.82) is 0 Å². The maximum Gasteiger partial charge on any atom is 0.119 e. The van der Waals surface area contributed by atoms with Crippen molar-refractivity contribution in [3.05, 3.63) is 29.8 Å². The summed E-state index contributed by atoms with van der Waals surface area (Å²) in [6, 6.07) is 7.97. The van der Waals surface area contributed by atoms with Gasteiger partial charge >= 0.3 is 0 Å². The number of ether oxygens (including phenoxy) is 2. The van der Waals surface area contributed by atoms with E-state index in [0.29, 0.717) is 0 Å². The van der Waals surface area contributed by atoms with E-state index in [9.17, 15) is 0 Å². The molecule has 3 nitrogen and oxygen atoms in total. The van der Waals surface area contributed by atoms with Crippen molar-refractivity contribution in [3.8, 4) is 5.75 Å². The molecule has 0 spiro atoms. The third kappa shape index (κ3) is 4.10. The minimum atomic E-state index is -0.0207. The summed E-state index contributed by atoms with van der Waals surface area (Å²) < 4.78 is 11.0. The van der Waals surface area contributed by atoms with Gasteiger partial charge in [-0.3, -0.25) is 4.90 Å². The lowest BCUT2D eigenvalue weighted by Crippen LogP contribution is -2.46. The second-order valence-electron chi connectivity index (χ2n) is 5.22. The number of morpholine rings is 1. The molecule has 1 aromatic rings. The smallest absolute Gasteiger partial charge is 0.119 e. The van der Waals surface area contributed by atoms with Gasteiger partial charge in [0.1, 0.15) is 5.75 Å². The highest BCUT2D eigenvalue weighted by molar-refractivity contribution is 6.21. The number of methoxy groups -OCH3 is 1. The molecule has 1 heterocycles. The molecule has 3 unspecified atom stereocenters. The monoisotopic (exact) mass is 283 g/mol. The minimum Gasteiger partial charge on any atom is -0.497 e. The van der Waals surface area contributed by atoms with Gasteiger partial charge in [0.15, 0.2) is 0 Å². The molecule has 0 saturated carbocycles. The van der Waals surface area contributed by atoms with E-state index in [-0.39, 0.29) is 17.6 Å². The van der Waals surface area contributed by atoms with Gasteiger partial charge in [0.25, 0.3) is 0 Å². The minimum absolute atomic E-state index is 0.0207. The van der Waals surface area contributed by atoms with E-state index in [0.717, 1.165) is 30.9 Å². The highest BCUT2D eigenvalue weighted by Gasteiger charge is 2.24. The molecule has 19 heavy (non-hydrogen) atoms. The van der Waals surface area contributed by atoms with Crippen LogP contribution in [0, 0.1) is 0 Å². The molecule has 0 radical (unpaired) electrons. The van der Waals surface area contributed by atoms with E-state index < -0.39 is 0 Å². The molecule has 0 amide bonds. The zero-order valence-corrected chi connectivity index (χ0v) is 12.6. The molecular weight excluding hydrogens is 262 g/mol. The van der Waals surface area contributed by atoms with Gasteiger partial charge in [-0.2, -0.15) is 0 Å². The zero-order valence-electron chi connectivity index (χ0n) is 11.8. The fraction of sp³-hybridized carbons (Fsp3) is 0.600. The third-order valence-corrected chi connectivity index (χ3v) is 3.76. The van der Waals surface area contributed by atoms with Crippen molar-refractivity contribution in [1.82, 2.24) is 4.90 Å². The molecule has 0 N–H and O–H groups in total. The van der Waals surface area contributed by atoms with Gasteiger partial charge < -0.3 is 9.47 Å². The van der Waals surface area contributed by atoms with Crippen molar-refractivity contribution in [3.63, 3.8) is 0 Å². The predicted octanol–water partition coefficient (Wildman–Crippen LogP) is 3.08. The number of hydrogen-bond donors (Lipinski definition) is 0. The number of benzene rings is 1. The zero-order chi connectivity index (χ0) is 13.8. The molecule has 2 rings (SSSR count). The maximum atomic E-state index is 6.53. The standard InChI is InChI=1S/C15H22ClNO2/c1-11-8-17(9-12(2)19-11)10-15(16)13-5-4-6-14(7-13)18-3/h4-7,11-12,15H,8-10H2,1-3H3. The lowest BCUT2D eigenvalue weighted by molar-refractivity contribution is -0.0678. The van der Waals surface area contributed by atoms with Crippen LogP contribution in [0.5, 0.6) is 5.75 Å². The van der Waals surface area contributed by atoms with Crippen LogP contribution in [-0.2, 0) is 4.74 Å². The summed E-state index contributed by atoms with van der Waals surface area (Å²) in [5.74, 6) is 0.854. The summed E-state index contributed by atoms with van der Waals surface area (Å²) in [6.07, 6.45) is 0.552. The van der Waals surface area contributed by atoms with Crippen molar-refractivity contribution in [2.24, 2.45) is 0 Å². The Morgan fingerprint density at radius 3 is 2.68 bits per heavy atom. The molecule has 1 aliphatic heterocycles. The van der Waals surface area contributed by atoms with Crippen LogP contribution in [-0.4, -0.2) is 43.9 Å². The van der Waals surface area contributed by atoms with Gasteiger partial charge in [-0.25, -0.2) is 0 Å². The Morgan fingerprint density at radius 2 is 2.05 bits per heavy atom. The summed E-state index contributed by atoms with van der Waals surface area (Å²) in [4.78, 5) is 2.37. The Kier molecular flexibility index (Phi) is 5.08. The predicted molar refractivity (Wildman–Crippen MR) is 78.0 cm³/mol. The normalized spacial score (nSPS) is 26.1. The highest BCUT2D eigenvalue weighted by atomic mass is 35.5. The summed E-state index contributed by atoms with van der Waals surface area (Å²) in [5.41, 5.74) is 1.10. The molecule has 1 aliphatic rings. The van der Waals surface area contributed by atoms with Gasteiger partial charge in [0.2, 0.25) is 0 Å². The highest BCUT2D eigenvalue weighted by Crippen LogP contribution is 2.26. The first-order chi connectivity index (χ1) is 9.08. The fourth-order valence-corrected chi connectivity index (χ4v) is 2.93. The second kappa shape index (κ2) is 6.60. The van der Waals surface area contributed by atoms with Crippen LogP contribution >= 0.6 is 11.6 Å². The lowest BCUT2D eigenvalue weighted by Gasteiger charge is -2.36. The van der Waals surface area contributed by atoms with Crippen LogP contribution in [0.25, 0.3) is 0 Å². The van der Waals surface area contributed by atoms with Crippen LogP contribution in [0.3, 0.4) is 0 Å². The summed E-state index contributed by atoms with van der Waals surface area (Å²) >= 11 is 6.53. The molecule has 0 aromatic heterocycles. The number of nitrogens with zero attached hydrogens (tertiary/aromatic N) is 1. The number of alkyl halides is 1. The van der Waals surface area contributed by atoms with E-state index in [1.807, 2.05) is 24.3 Å². The van der Waals surface area contributed by atoms with Crippen LogP contribution in [0.4, 0.5) is 0 Å². The number of halogens is 1. The average molecular weight is 284 g/mol. The van der Waals surface area contributed by atoms with E-state index in [4.69, 9.17) is 21.1 Å². The molecule has 1 aromatic carbocycles. The Bertz CT molecular complexity index is 403. The first kappa shape index (κ1) is 14.6. The van der Waals surface area contributed by atoms with Crippen molar-refractivity contribution in [2.75, 3.05) is 26.7 Å². The molecule has 106 valence electrons. The summed E-state index contributed by atoms with van der Waals surface area (Å²) in [5, 5.41) is -0.0207. The molecule has 0 bridgehead atoms. The molecule has 3 atom stereocenters. The van der Waals surface area contributed by atoms with Crippen molar-refractivity contribution < 1.29 is 9.47 Å². The van der Waals surface area contributed by atoms with Gasteiger partial charge in [-0.05, 0) is 31.5 Å². The number of hydrogen-bond acceptors (Lipinski definition) is 3. The summed E-state index contributed by atoms with van der Waals surface area (Å²) in [6.45, 7) is 6.94. The SMILES string of the molecule is COc1cccc(C(Cl)CN2CC(C)OC(C)C2)c1. The Morgan fingerprint density at radius 1 is 1.37 bits per heavy atom. The quantitative estimate of drug-likeness (QED) is 0.793. The fourth-order valence-electron chi connectivity index (χ4n) is 2.60. The Hall–Kier alpha value is -0.770. The van der Waals surface area contributed by atoms with Gasteiger partial charge in [0, 0.05) is 19.6 Å². The summed E-state index contributed by atoms with van der Waals surface area (Å²) in [7, 11) is 1.67. The van der Waals surface area contributed by atoms with Crippen LogP contribution in [0.15, 0.2) is 24.3 Å². The lowest BCUT2D eigenvalue weighted by atomic mass is 10.1.